The Morgan fingerprint density at radius 2 is 1.41 bits per heavy atom. The molecule has 102 valence electrons. The minimum atomic E-state index is -2.81. The molecular formula is C14H28O2S. The Bertz CT molecular complexity index is 279. The van der Waals surface area contributed by atoms with E-state index in [1.807, 2.05) is 6.08 Å². The van der Waals surface area contributed by atoms with Gasteiger partial charge >= 0.3 is 0 Å². The molecule has 0 saturated carbocycles. The second kappa shape index (κ2) is 10.8. The normalized spacial score (nSPS) is 12.4. The zero-order valence-electron chi connectivity index (χ0n) is 11.5. The Morgan fingerprint density at radius 1 is 0.824 bits per heavy atom. The molecule has 0 aromatic rings. The van der Waals surface area contributed by atoms with Crippen LogP contribution in [0.3, 0.4) is 0 Å². The first kappa shape index (κ1) is 16.7. The average molecular weight is 260 g/mol. The number of unbranched alkanes of at least 4 members (excludes halogenated alkanes) is 7. The van der Waals surface area contributed by atoms with Gasteiger partial charge < -0.3 is 0 Å². The highest BCUT2D eigenvalue weighted by atomic mass is 32.2. The van der Waals surface area contributed by atoms with E-state index in [0.29, 0.717) is 0 Å². The van der Waals surface area contributed by atoms with Crippen LogP contribution in [0.2, 0.25) is 0 Å². The molecule has 0 fully saturated rings. The lowest BCUT2D eigenvalue weighted by Gasteiger charge is -1.99. The van der Waals surface area contributed by atoms with Crippen molar-refractivity contribution in [3.8, 4) is 0 Å². The fourth-order valence-electron chi connectivity index (χ4n) is 1.67. The van der Waals surface area contributed by atoms with Crippen molar-refractivity contribution in [2.75, 3.05) is 11.5 Å². The minimum absolute atomic E-state index is 0.208. The van der Waals surface area contributed by atoms with Crippen LogP contribution >= 0.6 is 0 Å². The Morgan fingerprint density at radius 3 is 2.00 bits per heavy atom. The molecule has 0 aliphatic rings. The highest BCUT2D eigenvalue weighted by Crippen LogP contribution is 2.08. The van der Waals surface area contributed by atoms with Gasteiger partial charge in [0.1, 0.15) is 0 Å². The third-order valence-corrected chi connectivity index (χ3v) is 4.51. The van der Waals surface area contributed by atoms with Crippen LogP contribution < -0.4 is 0 Å². The smallest absolute Gasteiger partial charge is 0.153 e. The summed E-state index contributed by atoms with van der Waals surface area (Å²) in [5, 5.41) is 0. The van der Waals surface area contributed by atoms with Gasteiger partial charge in [0.15, 0.2) is 9.84 Å². The Kier molecular flexibility index (Phi) is 10.6. The van der Waals surface area contributed by atoms with Crippen LogP contribution in [-0.4, -0.2) is 19.9 Å². The van der Waals surface area contributed by atoms with Gasteiger partial charge in [-0.3, -0.25) is 0 Å². The van der Waals surface area contributed by atoms with E-state index in [4.69, 9.17) is 0 Å². The summed E-state index contributed by atoms with van der Waals surface area (Å²) >= 11 is 0. The van der Waals surface area contributed by atoms with Crippen LogP contribution in [0.4, 0.5) is 0 Å². The van der Waals surface area contributed by atoms with Gasteiger partial charge in [0.25, 0.3) is 0 Å². The predicted octanol–water partition coefficient (Wildman–Crippen LogP) is 4.12. The summed E-state index contributed by atoms with van der Waals surface area (Å²) in [5.74, 6) is 0.453. The summed E-state index contributed by atoms with van der Waals surface area (Å²) in [6.45, 7) is 3.93. The first-order valence-electron chi connectivity index (χ1n) is 6.97. The van der Waals surface area contributed by atoms with E-state index in [9.17, 15) is 8.42 Å². The highest BCUT2D eigenvalue weighted by Gasteiger charge is 2.02. The lowest BCUT2D eigenvalue weighted by Crippen LogP contribution is -2.05. The van der Waals surface area contributed by atoms with E-state index < -0.39 is 9.84 Å². The standard InChI is InChI=1S/C14H28O2S/c1-3-5-6-7-8-9-10-11-12-13-14-17(15,16)4-2/h12-13H,3-11,14H2,1-2H3. The second-order valence-electron chi connectivity index (χ2n) is 4.58. The molecule has 0 saturated heterocycles. The molecule has 0 spiro atoms. The van der Waals surface area contributed by atoms with Crippen LogP contribution in [0.25, 0.3) is 0 Å². The van der Waals surface area contributed by atoms with Gasteiger partial charge in [-0.15, -0.1) is 0 Å². The van der Waals surface area contributed by atoms with Gasteiger partial charge in [0.2, 0.25) is 0 Å². The molecule has 0 unspecified atom stereocenters. The maximum Gasteiger partial charge on any atom is 0.153 e. The minimum Gasteiger partial charge on any atom is -0.229 e. The third kappa shape index (κ3) is 11.9. The van der Waals surface area contributed by atoms with Crippen LogP contribution in [0.1, 0.15) is 65.2 Å². The van der Waals surface area contributed by atoms with Crippen molar-refractivity contribution in [3.63, 3.8) is 0 Å². The Balaban J connectivity index is 3.31. The van der Waals surface area contributed by atoms with Crippen molar-refractivity contribution in [2.45, 2.75) is 65.2 Å². The SMILES string of the molecule is CCCCCCCCCC=CCS(=O)(=O)CC. The van der Waals surface area contributed by atoms with E-state index in [-0.39, 0.29) is 11.5 Å². The topological polar surface area (TPSA) is 34.1 Å². The maximum absolute atomic E-state index is 11.2. The van der Waals surface area contributed by atoms with Gasteiger partial charge in [-0.1, -0.05) is 64.5 Å². The molecule has 0 atom stereocenters. The van der Waals surface area contributed by atoms with Gasteiger partial charge in [-0.2, -0.15) is 0 Å². The molecule has 2 nitrogen and oxygen atoms in total. The summed E-state index contributed by atoms with van der Waals surface area (Å²) in [6.07, 6.45) is 14.0. The number of hydrogen-bond donors (Lipinski definition) is 0. The molecule has 0 radical (unpaired) electrons. The van der Waals surface area contributed by atoms with E-state index in [1.165, 1.54) is 44.9 Å². The summed E-state index contributed by atoms with van der Waals surface area (Å²) in [7, 11) is -2.81. The fourth-order valence-corrected chi connectivity index (χ4v) is 2.33. The van der Waals surface area contributed by atoms with Crippen LogP contribution in [0, 0.1) is 0 Å². The van der Waals surface area contributed by atoms with Crippen molar-refractivity contribution >= 4 is 9.84 Å². The van der Waals surface area contributed by atoms with E-state index in [1.54, 1.807) is 13.0 Å². The highest BCUT2D eigenvalue weighted by molar-refractivity contribution is 7.91. The van der Waals surface area contributed by atoms with Crippen LogP contribution in [-0.2, 0) is 9.84 Å². The van der Waals surface area contributed by atoms with Crippen molar-refractivity contribution in [1.29, 1.82) is 0 Å². The molecule has 0 amide bonds. The van der Waals surface area contributed by atoms with E-state index in [2.05, 4.69) is 6.92 Å². The number of sulfone groups is 1. The van der Waals surface area contributed by atoms with Crippen molar-refractivity contribution in [1.82, 2.24) is 0 Å². The molecule has 0 N–H and O–H groups in total. The molecule has 0 aromatic heterocycles. The third-order valence-electron chi connectivity index (χ3n) is 2.93. The van der Waals surface area contributed by atoms with Crippen LogP contribution in [0.15, 0.2) is 12.2 Å². The van der Waals surface area contributed by atoms with Gasteiger partial charge in [0, 0.05) is 5.75 Å². The number of hydrogen-bond acceptors (Lipinski definition) is 2. The second-order valence-corrected chi connectivity index (χ2v) is 6.98. The zero-order chi connectivity index (χ0) is 13.0. The summed E-state index contributed by atoms with van der Waals surface area (Å²) in [5.41, 5.74) is 0. The van der Waals surface area contributed by atoms with Crippen molar-refractivity contribution < 1.29 is 8.42 Å². The molecule has 0 rings (SSSR count). The zero-order valence-corrected chi connectivity index (χ0v) is 12.3. The van der Waals surface area contributed by atoms with Crippen LogP contribution in [0.5, 0.6) is 0 Å². The lowest BCUT2D eigenvalue weighted by molar-refractivity contribution is 0.592. The van der Waals surface area contributed by atoms with Gasteiger partial charge in [-0.25, -0.2) is 8.42 Å². The molecule has 3 heteroatoms. The summed E-state index contributed by atoms with van der Waals surface area (Å²) in [6, 6.07) is 0. The number of rotatable bonds is 11. The quantitative estimate of drug-likeness (QED) is 0.414. The Hall–Kier alpha value is -0.310. The lowest BCUT2D eigenvalue weighted by atomic mass is 10.1. The average Bonchev–Trinajstić information content (AvgIpc) is 2.31. The molecular weight excluding hydrogens is 232 g/mol. The predicted molar refractivity (Wildman–Crippen MR) is 76.1 cm³/mol. The molecule has 0 aromatic carbocycles. The summed E-state index contributed by atoms with van der Waals surface area (Å²) < 4.78 is 22.4. The molecule has 0 aliphatic carbocycles. The summed E-state index contributed by atoms with van der Waals surface area (Å²) in [4.78, 5) is 0. The maximum atomic E-state index is 11.2. The first-order chi connectivity index (χ1) is 8.12. The van der Waals surface area contributed by atoms with E-state index in [0.717, 1.165) is 6.42 Å². The van der Waals surface area contributed by atoms with Crippen molar-refractivity contribution in [2.24, 2.45) is 0 Å². The monoisotopic (exact) mass is 260 g/mol. The van der Waals surface area contributed by atoms with E-state index >= 15 is 0 Å². The first-order valence-corrected chi connectivity index (χ1v) is 8.80. The molecule has 0 heterocycles. The fraction of sp³-hybridized carbons (Fsp3) is 0.857. The number of allylic oxidation sites excluding steroid dienone is 1. The van der Waals surface area contributed by atoms with Gasteiger partial charge in [0.05, 0.1) is 5.75 Å². The Labute approximate surface area is 107 Å². The molecule has 0 bridgehead atoms. The van der Waals surface area contributed by atoms with Crippen molar-refractivity contribution in [3.05, 3.63) is 12.2 Å². The molecule has 0 aliphatic heterocycles. The largest absolute Gasteiger partial charge is 0.229 e. The van der Waals surface area contributed by atoms with Gasteiger partial charge in [-0.05, 0) is 12.8 Å². The molecule has 17 heavy (non-hydrogen) atoms.